The average molecular weight is 297 g/mol. The van der Waals surface area contributed by atoms with Crippen molar-refractivity contribution in [2.24, 2.45) is 0 Å². The largest absolute Gasteiger partial charge is 0.481 e. The highest BCUT2D eigenvalue weighted by atomic mass is 16.4. The molecule has 0 radical (unpaired) electrons. The van der Waals surface area contributed by atoms with E-state index in [0.717, 1.165) is 18.7 Å². The molecule has 0 spiro atoms. The predicted molar refractivity (Wildman–Crippen MR) is 86.3 cm³/mol. The van der Waals surface area contributed by atoms with Crippen molar-refractivity contribution in [3.8, 4) is 0 Å². The second-order valence-corrected chi connectivity index (χ2v) is 5.05. The molecule has 0 aromatic heterocycles. The van der Waals surface area contributed by atoms with Gasteiger partial charge in [-0.3, -0.25) is 9.59 Å². The van der Waals surface area contributed by atoms with Crippen molar-refractivity contribution in [3.63, 3.8) is 0 Å². The van der Waals surface area contributed by atoms with Gasteiger partial charge in [-0.1, -0.05) is 30.3 Å². The van der Waals surface area contributed by atoms with Crippen molar-refractivity contribution in [2.45, 2.75) is 19.3 Å². The molecule has 0 unspecified atom stereocenters. The van der Waals surface area contributed by atoms with E-state index in [4.69, 9.17) is 5.11 Å². The van der Waals surface area contributed by atoms with Crippen LogP contribution in [0.25, 0.3) is 0 Å². The first-order valence-electron chi connectivity index (χ1n) is 7.32. The maximum absolute atomic E-state index is 12.2. The van der Waals surface area contributed by atoms with Crippen LogP contribution in [0.5, 0.6) is 0 Å². The fourth-order valence-electron chi connectivity index (χ4n) is 2.13. The van der Waals surface area contributed by atoms with Crippen LogP contribution >= 0.6 is 0 Å². The molecular formula is C18H19NO3. The van der Waals surface area contributed by atoms with E-state index in [2.05, 4.69) is 5.32 Å². The van der Waals surface area contributed by atoms with Crippen LogP contribution in [0.15, 0.2) is 54.6 Å². The maximum Gasteiger partial charge on any atom is 0.303 e. The SMILES string of the molecule is O=C(O)CCCCNc1ccc(C(=O)c2ccccc2)cc1. The van der Waals surface area contributed by atoms with Crippen LogP contribution < -0.4 is 5.32 Å². The Morgan fingerprint density at radius 1 is 0.864 bits per heavy atom. The molecule has 114 valence electrons. The Hall–Kier alpha value is -2.62. The number of rotatable bonds is 8. The number of carboxylic acid groups (broad SMARTS) is 1. The number of nitrogens with one attached hydrogen (secondary N) is 1. The van der Waals surface area contributed by atoms with Crippen LogP contribution in [0.4, 0.5) is 5.69 Å². The predicted octanol–water partition coefficient (Wildman–Crippen LogP) is 3.58. The second kappa shape index (κ2) is 7.98. The molecule has 0 aliphatic heterocycles. The van der Waals surface area contributed by atoms with Gasteiger partial charge in [-0.15, -0.1) is 0 Å². The van der Waals surface area contributed by atoms with Crippen LogP contribution in [-0.2, 0) is 4.79 Å². The molecule has 22 heavy (non-hydrogen) atoms. The topological polar surface area (TPSA) is 66.4 Å². The van der Waals surface area contributed by atoms with Crippen molar-refractivity contribution >= 4 is 17.4 Å². The van der Waals surface area contributed by atoms with Gasteiger partial charge < -0.3 is 10.4 Å². The average Bonchev–Trinajstić information content (AvgIpc) is 2.55. The zero-order valence-corrected chi connectivity index (χ0v) is 12.3. The number of carbonyl (C=O) groups excluding carboxylic acids is 1. The Morgan fingerprint density at radius 2 is 1.50 bits per heavy atom. The van der Waals surface area contributed by atoms with Crippen molar-refractivity contribution in [1.29, 1.82) is 0 Å². The summed E-state index contributed by atoms with van der Waals surface area (Å²) in [5, 5.41) is 11.8. The fraction of sp³-hybridized carbons (Fsp3) is 0.222. The molecule has 0 saturated carbocycles. The van der Waals surface area contributed by atoms with Crippen LogP contribution in [0.1, 0.15) is 35.2 Å². The first-order valence-corrected chi connectivity index (χ1v) is 7.32. The Morgan fingerprint density at radius 3 is 2.14 bits per heavy atom. The van der Waals surface area contributed by atoms with E-state index in [0.29, 0.717) is 17.5 Å². The Balaban J connectivity index is 1.85. The summed E-state index contributed by atoms with van der Waals surface area (Å²) in [4.78, 5) is 22.6. The summed E-state index contributed by atoms with van der Waals surface area (Å²) in [5.74, 6) is -0.752. The summed E-state index contributed by atoms with van der Waals surface area (Å²) in [6.07, 6.45) is 1.66. The van der Waals surface area contributed by atoms with E-state index in [1.165, 1.54) is 0 Å². The lowest BCUT2D eigenvalue weighted by Crippen LogP contribution is -2.04. The molecule has 0 saturated heterocycles. The summed E-state index contributed by atoms with van der Waals surface area (Å²) in [6, 6.07) is 16.5. The molecule has 0 aliphatic carbocycles. The highest BCUT2D eigenvalue weighted by Gasteiger charge is 2.07. The Bertz CT molecular complexity index is 621. The van der Waals surface area contributed by atoms with Crippen molar-refractivity contribution in [2.75, 3.05) is 11.9 Å². The highest BCUT2D eigenvalue weighted by molar-refractivity contribution is 6.09. The van der Waals surface area contributed by atoms with Gasteiger partial charge in [0.2, 0.25) is 0 Å². The number of unbranched alkanes of at least 4 members (excludes halogenated alkanes) is 1. The van der Waals surface area contributed by atoms with Crippen LogP contribution in [0.3, 0.4) is 0 Å². The lowest BCUT2D eigenvalue weighted by molar-refractivity contribution is -0.137. The molecule has 0 atom stereocenters. The van der Waals surface area contributed by atoms with E-state index >= 15 is 0 Å². The summed E-state index contributed by atoms with van der Waals surface area (Å²) in [6.45, 7) is 0.721. The first kappa shape index (κ1) is 15.8. The molecule has 4 nitrogen and oxygen atoms in total. The van der Waals surface area contributed by atoms with Gasteiger partial charge in [0.1, 0.15) is 0 Å². The molecule has 0 bridgehead atoms. The number of carbonyl (C=O) groups is 2. The van der Waals surface area contributed by atoms with Gasteiger partial charge in [-0.05, 0) is 37.1 Å². The molecular weight excluding hydrogens is 278 g/mol. The van der Waals surface area contributed by atoms with Crippen LogP contribution in [0, 0.1) is 0 Å². The first-order chi connectivity index (χ1) is 10.7. The van der Waals surface area contributed by atoms with E-state index < -0.39 is 5.97 Å². The number of hydrogen-bond acceptors (Lipinski definition) is 3. The summed E-state index contributed by atoms with van der Waals surface area (Å²) < 4.78 is 0. The maximum atomic E-state index is 12.2. The highest BCUT2D eigenvalue weighted by Crippen LogP contribution is 2.14. The quantitative estimate of drug-likeness (QED) is 0.577. The number of hydrogen-bond donors (Lipinski definition) is 2. The third-order valence-electron chi connectivity index (χ3n) is 3.33. The van der Waals surface area contributed by atoms with Gasteiger partial charge in [0.15, 0.2) is 5.78 Å². The number of anilines is 1. The number of aliphatic carboxylic acids is 1. The van der Waals surface area contributed by atoms with Gasteiger partial charge in [-0.2, -0.15) is 0 Å². The fourth-order valence-corrected chi connectivity index (χ4v) is 2.13. The van der Waals surface area contributed by atoms with Crippen LogP contribution in [0.2, 0.25) is 0 Å². The van der Waals surface area contributed by atoms with E-state index in [1.807, 2.05) is 30.3 Å². The standard InChI is InChI=1S/C18H19NO3/c20-17(21)8-4-5-13-19-16-11-9-15(10-12-16)18(22)14-6-2-1-3-7-14/h1-3,6-7,9-12,19H,4-5,8,13H2,(H,20,21). The molecule has 0 fully saturated rings. The van der Waals surface area contributed by atoms with Gasteiger partial charge in [0.25, 0.3) is 0 Å². The molecule has 2 rings (SSSR count). The Kier molecular flexibility index (Phi) is 5.72. The number of benzene rings is 2. The van der Waals surface area contributed by atoms with Gasteiger partial charge in [0.05, 0.1) is 0 Å². The van der Waals surface area contributed by atoms with Crippen molar-refractivity contribution in [3.05, 3.63) is 65.7 Å². The summed E-state index contributed by atoms with van der Waals surface area (Å²) in [5.41, 5.74) is 2.26. The number of carboxylic acids is 1. The molecule has 0 aliphatic rings. The number of ketones is 1. The minimum absolute atomic E-state index is 0.00797. The zero-order valence-electron chi connectivity index (χ0n) is 12.3. The minimum Gasteiger partial charge on any atom is -0.481 e. The van der Waals surface area contributed by atoms with E-state index in [1.54, 1.807) is 24.3 Å². The molecule has 0 amide bonds. The van der Waals surface area contributed by atoms with E-state index in [9.17, 15) is 9.59 Å². The normalized spacial score (nSPS) is 10.2. The van der Waals surface area contributed by atoms with Gasteiger partial charge >= 0.3 is 5.97 Å². The van der Waals surface area contributed by atoms with Crippen LogP contribution in [-0.4, -0.2) is 23.4 Å². The summed E-state index contributed by atoms with van der Waals surface area (Å²) in [7, 11) is 0. The molecule has 2 N–H and O–H groups in total. The Labute approximate surface area is 129 Å². The zero-order chi connectivity index (χ0) is 15.8. The van der Waals surface area contributed by atoms with Crippen molar-refractivity contribution in [1.82, 2.24) is 0 Å². The molecule has 2 aromatic rings. The molecule has 2 aromatic carbocycles. The van der Waals surface area contributed by atoms with Gasteiger partial charge in [0, 0.05) is 29.8 Å². The third-order valence-corrected chi connectivity index (χ3v) is 3.33. The molecule has 0 heterocycles. The molecule has 4 heteroatoms. The third kappa shape index (κ3) is 4.74. The second-order valence-electron chi connectivity index (χ2n) is 5.05. The summed E-state index contributed by atoms with van der Waals surface area (Å²) >= 11 is 0. The van der Waals surface area contributed by atoms with Gasteiger partial charge in [-0.25, -0.2) is 0 Å². The van der Waals surface area contributed by atoms with E-state index in [-0.39, 0.29) is 12.2 Å². The smallest absolute Gasteiger partial charge is 0.303 e. The lowest BCUT2D eigenvalue weighted by atomic mass is 10.0. The lowest BCUT2D eigenvalue weighted by Gasteiger charge is -2.07. The monoisotopic (exact) mass is 297 g/mol. The minimum atomic E-state index is -0.760. The van der Waals surface area contributed by atoms with Crippen molar-refractivity contribution < 1.29 is 14.7 Å².